The van der Waals surface area contributed by atoms with Gasteiger partial charge in [0, 0.05) is 16.9 Å². The smallest absolute Gasteiger partial charge is 0.0594 e. The van der Waals surface area contributed by atoms with Gasteiger partial charge in [0.25, 0.3) is 0 Å². The van der Waals surface area contributed by atoms with Gasteiger partial charge in [0.05, 0.1) is 24.1 Å². The van der Waals surface area contributed by atoms with Crippen molar-refractivity contribution in [1.82, 2.24) is 9.97 Å². The molecule has 0 saturated carbocycles. The molecule has 1 N–H and O–H groups in total. The van der Waals surface area contributed by atoms with E-state index in [-0.39, 0.29) is 0 Å². The van der Waals surface area contributed by atoms with Crippen molar-refractivity contribution < 1.29 is 0 Å². The lowest BCUT2D eigenvalue weighted by Crippen LogP contribution is -2.01. The van der Waals surface area contributed by atoms with Crippen LogP contribution < -0.4 is 5.32 Å². The largest absolute Gasteiger partial charge is 0.378 e. The molecule has 2 aromatic rings. The topological polar surface area (TPSA) is 37.8 Å². The summed E-state index contributed by atoms with van der Waals surface area (Å²) in [5, 5.41) is 3.27. The van der Waals surface area contributed by atoms with Crippen LogP contribution >= 0.6 is 15.9 Å². The molecular formula is C12H12BrN3. The molecule has 0 unspecified atom stereocenters. The summed E-state index contributed by atoms with van der Waals surface area (Å²) >= 11 is 3.38. The number of nitrogens with one attached hydrogen (secondary N) is 1. The molecule has 4 heteroatoms. The van der Waals surface area contributed by atoms with Crippen LogP contribution in [0.3, 0.4) is 0 Å². The van der Waals surface area contributed by atoms with Crippen LogP contribution in [0, 0.1) is 6.92 Å². The molecule has 2 aromatic heterocycles. The number of aryl methyl sites for hydroxylation is 1. The molecule has 16 heavy (non-hydrogen) atoms. The van der Waals surface area contributed by atoms with Crippen molar-refractivity contribution in [2.45, 2.75) is 13.5 Å². The van der Waals surface area contributed by atoms with E-state index in [1.165, 1.54) is 5.56 Å². The summed E-state index contributed by atoms with van der Waals surface area (Å²) in [6.45, 7) is 2.74. The standard InChI is InChI=1S/C12H12BrN3/c1-9-2-3-11(15-5-9)8-16-12-4-10(13)6-14-7-12/h2-7,16H,8H2,1H3. The number of halogens is 1. The third-order valence-electron chi connectivity index (χ3n) is 2.15. The Kier molecular flexibility index (Phi) is 3.51. The number of rotatable bonds is 3. The Morgan fingerprint density at radius 3 is 2.81 bits per heavy atom. The van der Waals surface area contributed by atoms with Crippen LogP contribution in [0.2, 0.25) is 0 Å². The number of hydrogen-bond acceptors (Lipinski definition) is 3. The number of hydrogen-bond donors (Lipinski definition) is 1. The van der Waals surface area contributed by atoms with Gasteiger partial charge in [0.1, 0.15) is 0 Å². The molecule has 0 radical (unpaired) electrons. The fourth-order valence-electron chi connectivity index (χ4n) is 1.30. The number of anilines is 1. The van der Waals surface area contributed by atoms with Crippen LogP contribution in [0.25, 0.3) is 0 Å². The maximum absolute atomic E-state index is 4.32. The molecule has 0 fully saturated rings. The van der Waals surface area contributed by atoms with Gasteiger partial charge >= 0.3 is 0 Å². The highest BCUT2D eigenvalue weighted by Crippen LogP contribution is 2.14. The van der Waals surface area contributed by atoms with Gasteiger partial charge in [-0.15, -0.1) is 0 Å². The van der Waals surface area contributed by atoms with E-state index in [0.29, 0.717) is 6.54 Å². The molecule has 0 bridgehead atoms. The third-order valence-corrected chi connectivity index (χ3v) is 2.58. The lowest BCUT2D eigenvalue weighted by Gasteiger charge is -2.05. The SMILES string of the molecule is Cc1ccc(CNc2cncc(Br)c2)nc1. The number of aromatic nitrogens is 2. The van der Waals surface area contributed by atoms with E-state index in [4.69, 9.17) is 0 Å². The first-order chi connectivity index (χ1) is 7.74. The maximum Gasteiger partial charge on any atom is 0.0594 e. The fourth-order valence-corrected chi connectivity index (χ4v) is 1.67. The van der Waals surface area contributed by atoms with Gasteiger partial charge in [-0.2, -0.15) is 0 Å². The first kappa shape index (κ1) is 11.1. The normalized spacial score (nSPS) is 10.1. The lowest BCUT2D eigenvalue weighted by molar-refractivity contribution is 1.03. The zero-order chi connectivity index (χ0) is 11.4. The van der Waals surface area contributed by atoms with Crippen LogP contribution in [0.4, 0.5) is 5.69 Å². The summed E-state index contributed by atoms with van der Waals surface area (Å²) in [5.41, 5.74) is 3.18. The van der Waals surface area contributed by atoms with E-state index >= 15 is 0 Å². The summed E-state index contributed by atoms with van der Waals surface area (Å²) < 4.78 is 0.967. The minimum Gasteiger partial charge on any atom is -0.378 e. The summed E-state index contributed by atoms with van der Waals surface area (Å²) in [7, 11) is 0. The molecule has 0 aromatic carbocycles. The maximum atomic E-state index is 4.32. The fraction of sp³-hybridized carbons (Fsp3) is 0.167. The summed E-state index contributed by atoms with van der Waals surface area (Å²) in [6, 6.07) is 6.07. The molecule has 0 aliphatic carbocycles. The molecule has 82 valence electrons. The minimum absolute atomic E-state index is 0.707. The summed E-state index contributed by atoms with van der Waals surface area (Å²) in [4.78, 5) is 8.40. The van der Waals surface area contributed by atoms with Crippen LogP contribution in [-0.2, 0) is 6.54 Å². The zero-order valence-electron chi connectivity index (χ0n) is 8.94. The third kappa shape index (κ3) is 3.03. The first-order valence-corrected chi connectivity index (χ1v) is 5.79. The summed E-state index contributed by atoms with van der Waals surface area (Å²) in [5.74, 6) is 0. The molecule has 0 aliphatic rings. The van der Waals surface area contributed by atoms with Gasteiger partial charge in [-0.3, -0.25) is 9.97 Å². The average Bonchev–Trinajstić information content (AvgIpc) is 2.28. The average molecular weight is 278 g/mol. The molecule has 0 aliphatic heterocycles. The Hall–Kier alpha value is -1.42. The lowest BCUT2D eigenvalue weighted by atomic mass is 10.3. The van der Waals surface area contributed by atoms with Crippen molar-refractivity contribution in [1.29, 1.82) is 0 Å². The molecule has 0 atom stereocenters. The Bertz CT molecular complexity index is 468. The van der Waals surface area contributed by atoms with E-state index in [0.717, 1.165) is 15.9 Å². The second-order valence-corrected chi connectivity index (χ2v) is 4.49. The Morgan fingerprint density at radius 1 is 1.25 bits per heavy atom. The Morgan fingerprint density at radius 2 is 2.12 bits per heavy atom. The van der Waals surface area contributed by atoms with E-state index in [2.05, 4.69) is 37.3 Å². The van der Waals surface area contributed by atoms with Crippen LogP contribution in [0.5, 0.6) is 0 Å². The molecule has 0 saturated heterocycles. The highest BCUT2D eigenvalue weighted by Gasteiger charge is 1.96. The van der Waals surface area contributed by atoms with Crippen molar-refractivity contribution in [3.05, 3.63) is 52.5 Å². The van der Waals surface area contributed by atoms with Crippen molar-refractivity contribution in [3.8, 4) is 0 Å². The van der Waals surface area contributed by atoms with Crippen molar-refractivity contribution in [3.63, 3.8) is 0 Å². The van der Waals surface area contributed by atoms with E-state index in [1.807, 2.05) is 25.3 Å². The predicted octanol–water partition coefficient (Wildman–Crippen LogP) is 3.16. The van der Waals surface area contributed by atoms with E-state index in [9.17, 15) is 0 Å². The second-order valence-electron chi connectivity index (χ2n) is 3.57. The highest BCUT2D eigenvalue weighted by atomic mass is 79.9. The number of nitrogens with zero attached hydrogens (tertiary/aromatic N) is 2. The molecule has 2 heterocycles. The Balaban J connectivity index is 1.99. The first-order valence-electron chi connectivity index (χ1n) is 5.00. The molecular weight excluding hydrogens is 266 g/mol. The van der Waals surface area contributed by atoms with Crippen LogP contribution in [-0.4, -0.2) is 9.97 Å². The van der Waals surface area contributed by atoms with Gasteiger partial charge in [0.2, 0.25) is 0 Å². The number of pyridine rings is 2. The van der Waals surface area contributed by atoms with Crippen molar-refractivity contribution >= 4 is 21.6 Å². The van der Waals surface area contributed by atoms with Gasteiger partial charge in [-0.1, -0.05) is 6.07 Å². The quantitative estimate of drug-likeness (QED) is 0.937. The zero-order valence-corrected chi connectivity index (χ0v) is 10.5. The van der Waals surface area contributed by atoms with Crippen LogP contribution in [0.15, 0.2) is 41.3 Å². The highest BCUT2D eigenvalue weighted by molar-refractivity contribution is 9.10. The molecule has 2 rings (SSSR count). The van der Waals surface area contributed by atoms with Gasteiger partial charge in [-0.05, 0) is 40.5 Å². The summed E-state index contributed by atoms with van der Waals surface area (Å²) in [6.07, 6.45) is 5.42. The molecule has 3 nitrogen and oxygen atoms in total. The van der Waals surface area contributed by atoms with Crippen molar-refractivity contribution in [2.75, 3.05) is 5.32 Å². The Labute approximate surface area is 103 Å². The van der Waals surface area contributed by atoms with Crippen LogP contribution in [0.1, 0.15) is 11.3 Å². The minimum atomic E-state index is 0.707. The molecule has 0 spiro atoms. The molecule has 0 amide bonds. The van der Waals surface area contributed by atoms with Gasteiger partial charge in [-0.25, -0.2) is 0 Å². The van der Waals surface area contributed by atoms with E-state index in [1.54, 1.807) is 12.4 Å². The second kappa shape index (κ2) is 5.07. The van der Waals surface area contributed by atoms with Gasteiger partial charge < -0.3 is 5.32 Å². The monoisotopic (exact) mass is 277 g/mol. The van der Waals surface area contributed by atoms with E-state index < -0.39 is 0 Å². The predicted molar refractivity (Wildman–Crippen MR) is 68.2 cm³/mol. The van der Waals surface area contributed by atoms with Crippen molar-refractivity contribution in [2.24, 2.45) is 0 Å². The van der Waals surface area contributed by atoms with Gasteiger partial charge in [0.15, 0.2) is 0 Å².